The van der Waals surface area contributed by atoms with Crippen LogP contribution >= 0.6 is 0 Å². The normalized spacial score (nSPS) is 56.3. The van der Waals surface area contributed by atoms with Crippen LogP contribution in [0, 0.1) is 50.7 Å². The summed E-state index contributed by atoms with van der Waals surface area (Å²) in [5.41, 5.74) is -0.532. The first-order chi connectivity index (χ1) is 15.6. The lowest BCUT2D eigenvalue weighted by molar-refractivity contribution is -0.217. The molecule has 0 aromatic carbocycles. The topological polar surface area (TPSA) is 77.8 Å². The van der Waals surface area contributed by atoms with Gasteiger partial charge in [-0.25, -0.2) is 0 Å². The molecule has 0 spiro atoms. The number of carbonyl (C=O) groups is 1. The van der Waals surface area contributed by atoms with Crippen molar-refractivity contribution < 1.29 is 20.1 Å². The van der Waals surface area contributed by atoms with Crippen LogP contribution < -0.4 is 0 Å². The minimum absolute atomic E-state index is 0.0716. The first-order valence-corrected chi connectivity index (χ1v) is 13.9. The number of fused-ring (bicyclic) bond motifs is 7. The van der Waals surface area contributed by atoms with E-state index >= 15 is 0 Å². The number of hydrogen-bond donors (Lipinski definition) is 3. The summed E-state index contributed by atoms with van der Waals surface area (Å²) in [6.45, 7) is 16.0. The highest BCUT2D eigenvalue weighted by Gasteiger charge is 2.71. The molecule has 34 heavy (non-hydrogen) atoms. The van der Waals surface area contributed by atoms with Gasteiger partial charge in [0.2, 0.25) is 0 Å². The molecule has 5 aliphatic rings. The molecule has 5 aliphatic carbocycles. The van der Waals surface area contributed by atoms with Crippen LogP contribution in [-0.2, 0) is 4.79 Å². The summed E-state index contributed by atoms with van der Waals surface area (Å²) in [5, 5.41) is 33.3. The second-order valence-corrected chi connectivity index (χ2v) is 14.7. The lowest BCUT2D eigenvalue weighted by Crippen LogP contribution is -2.67. The fourth-order valence-electron chi connectivity index (χ4n) is 10.8. The largest absolute Gasteiger partial charge is 0.481 e. The van der Waals surface area contributed by atoms with Crippen LogP contribution in [0.5, 0.6) is 0 Å². The van der Waals surface area contributed by atoms with Crippen molar-refractivity contribution in [1.29, 1.82) is 0 Å². The SMILES string of the molecule is C[C@@H]1CC[C@]2(C(=O)O)CC[C@]3(C)C(=CC[C@H]4[C@@]5(C)CC[C@H](O)C(C)(C)[C@H]5CC[C@]43C)[C@@H]2[C@]1(C)O. The van der Waals surface area contributed by atoms with Crippen molar-refractivity contribution in [2.75, 3.05) is 0 Å². The standard InChI is InChI=1S/C30H48O4/c1-18-10-15-30(24(32)33)17-16-27(5)19(23(30)29(18,7)34)8-9-21-26(4)13-12-22(31)25(2,3)20(26)11-14-28(21,27)6/h8,18,20-23,31,34H,9-17H2,1-7H3,(H,32,33)/t18-,20-,21+,22+,23-,26+,27-,28-,29-,30+/m1/s1. The predicted molar refractivity (Wildman–Crippen MR) is 134 cm³/mol. The Balaban J connectivity index is 1.64. The first kappa shape index (κ1) is 24.8. The minimum atomic E-state index is -1.01. The average Bonchev–Trinajstić information content (AvgIpc) is 2.74. The van der Waals surface area contributed by atoms with E-state index in [0.29, 0.717) is 24.7 Å². The number of hydrogen-bond acceptors (Lipinski definition) is 3. The molecule has 0 amide bonds. The summed E-state index contributed by atoms with van der Waals surface area (Å²) in [5.74, 6) is 0.0848. The van der Waals surface area contributed by atoms with Crippen LogP contribution in [0.2, 0.25) is 0 Å². The van der Waals surface area contributed by atoms with E-state index in [4.69, 9.17) is 0 Å². The highest BCUT2D eigenvalue weighted by atomic mass is 16.4. The highest BCUT2D eigenvalue weighted by Crippen LogP contribution is 2.76. The monoisotopic (exact) mass is 472 g/mol. The zero-order valence-corrected chi connectivity index (χ0v) is 22.6. The average molecular weight is 473 g/mol. The minimum Gasteiger partial charge on any atom is -0.481 e. The molecule has 0 radical (unpaired) electrons. The molecule has 0 heterocycles. The van der Waals surface area contributed by atoms with Gasteiger partial charge in [0, 0.05) is 5.92 Å². The summed E-state index contributed by atoms with van der Waals surface area (Å²) >= 11 is 0. The molecule has 3 N–H and O–H groups in total. The van der Waals surface area contributed by atoms with Gasteiger partial charge in [0.05, 0.1) is 17.1 Å². The van der Waals surface area contributed by atoms with Gasteiger partial charge in [-0.3, -0.25) is 4.79 Å². The maximum atomic E-state index is 12.8. The Hall–Kier alpha value is -0.870. The van der Waals surface area contributed by atoms with Crippen LogP contribution in [0.15, 0.2) is 11.6 Å². The molecule has 4 nitrogen and oxygen atoms in total. The van der Waals surface area contributed by atoms with Crippen molar-refractivity contribution in [3.63, 3.8) is 0 Å². The van der Waals surface area contributed by atoms with E-state index < -0.39 is 17.0 Å². The van der Waals surface area contributed by atoms with Gasteiger partial charge in [-0.1, -0.05) is 53.2 Å². The molecule has 0 aliphatic heterocycles. The first-order valence-electron chi connectivity index (χ1n) is 13.9. The zero-order chi connectivity index (χ0) is 25.1. The van der Waals surface area contributed by atoms with Crippen LogP contribution in [0.4, 0.5) is 0 Å². The van der Waals surface area contributed by atoms with Crippen LogP contribution in [0.25, 0.3) is 0 Å². The van der Waals surface area contributed by atoms with E-state index in [0.717, 1.165) is 44.9 Å². The van der Waals surface area contributed by atoms with Crippen molar-refractivity contribution in [3.8, 4) is 0 Å². The maximum Gasteiger partial charge on any atom is 0.310 e. The van der Waals surface area contributed by atoms with E-state index in [1.54, 1.807) is 0 Å². The Morgan fingerprint density at radius 2 is 1.59 bits per heavy atom. The molecule has 0 bridgehead atoms. The van der Waals surface area contributed by atoms with Gasteiger partial charge in [0.25, 0.3) is 0 Å². The zero-order valence-electron chi connectivity index (χ0n) is 22.6. The summed E-state index contributed by atoms with van der Waals surface area (Å²) in [4.78, 5) is 12.8. The van der Waals surface area contributed by atoms with E-state index in [1.807, 2.05) is 6.92 Å². The van der Waals surface area contributed by atoms with Crippen molar-refractivity contribution in [1.82, 2.24) is 0 Å². The smallest absolute Gasteiger partial charge is 0.310 e. The third kappa shape index (κ3) is 2.71. The number of aliphatic carboxylic acids is 1. The summed E-state index contributed by atoms with van der Waals surface area (Å²) in [6.07, 6.45) is 10.3. The Morgan fingerprint density at radius 1 is 0.912 bits per heavy atom. The molecule has 0 saturated heterocycles. The van der Waals surface area contributed by atoms with Gasteiger partial charge in [0.15, 0.2) is 0 Å². The second kappa shape index (κ2) is 7.12. The quantitative estimate of drug-likeness (QED) is 0.397. The summed E-state index contributed by atoms with van der Waals surface area (Å²) < 4.78 is 0. The molecular formula is C30H48O4. The summed E-state index contributed by atoms with van der Waals surface area (Å²) in [7, 11) is 0. The second-order valence-electron chi connectivity index (χ2n) is 14.7. The molecule has 4 fully saturated rings. The maximum absolute atomic E-state index is 12.8. The third-order valence-corrected chi connectivity index (χ3v) is 13.5. The Labute approximate surface area is 206 Å². The van der Waals surface area contributed by atoms with E-state index in [-0.39, 0.29) is 39.6 Å². The van der Waals surface area contributed by atoms with Crippen molar-refractivity contribution in [2.24, 2.45) is 50.7 Å². The Morgan fingerprint density at radius 3 is 2.24 bits per heavy atom. The van der Waals surface area contributed by atoms with Crippen LogP contribution in [-0.4, -0.2) is 33.0 Å². The number of aliphatic hydroxyl groups is 2. The van der Waals surface area contributed by atoms with Gasteiger partial charge < -0.3 is 15.3 Å². The van der Waals surface area contributed by atoms with Gasteiger partial charge >= 0.3 is 5.97 Å². The van der Waals surface area contributed by atoms with Crippen molar-refractivity contribution in [3.05, 3.63) is 11.6 Å². The van der Waals surface area contributed by atoms with Crippen LogP contribution in [0.1, 0.15) is 106 Å². The lowest BCUT2D eigenvalue weighted by Gasteiger charge is -2.71. The Bertz CT molecular complexity index is 919. The van der Waals surface area contributed by atoms with E-state index in [9.17, 15) is 20.1 Å². The number of carboxylic acid groups (broad SMARTS) is 1. The van der Waals surface area contributed by atoms with Gasteiger partial charge in [-0.2, -0.15) is 0 Å². The number of rotatable bonds is 1. The van der Waals surface area contributed by atoms with E-state index in [2.05, 4.69) is 47.6 Å². The molecular weight excluding hydrogens is 424 g/mol. The molecule has 192 valence electrons. The van der Waals surface area contributed by atoms with Gasteiger partial charge in [0.1, 0.15) is 0 Å². The Kier molecular flexibility index (Phi) is 5.20. The number of aliphatic hydroxyl groups excluding tert-OH is 1. The lowest BCUT2D eigenvalue weighted by atomic mass is 9.33. The number of carboxylic acids is 1. The number of allylic oxidation sites excluding steroid dienone is 1. The molecule has 4 saturated carbocycles. The fraction of sp³-hybridized carbons (Fsp3) is 0.900. The van der Waals surface area contributed by atoms with Crippen LogP contribution in [0.3, 0.4) is 0 Å². The van der Waals surface area contributed by atoms with Gasteiger partial charge in [-0.15, -0.1) is 0 Å². The molecule has 0 aromatic heterocycles. The van der Waals surface area contributed by atoms with E-state index in [1.165, 1.54) is 5.57 Å². The fourth-order valence-corrected chi connectivity index (χ4v) is 10.8. The van der Waals surface area contributed by atoms with Crippen molar-refractivity contribution in [2.45, 2.75) is 118 Å². The molecule has 5 rings (SSSR count). The third-order valence-electron chi connectivity index (χ3n) is 13.5. The molecule has 0 unspecified atom stereocenters. The molecule has 4 heteroatoms. The molecule has 10 atom stereocenters. The summed E-state index contributed by atoms with van der Waals surface area (Å²) in [6, 6.07) is 0. The molecule has 0 aromatic rings. The highest BCUT2D eigenvalue weighted by molar-refractivity contribution is 5.77. The predicted octanol–water partition coefficient (Wildman–Crippen LogP) is 6.20. The van der Waals surface area contributed by atoms with Crippen molar-refractivity contribution >= 4 is 5.97 Å². The van der Waals surface area contributed by atoms with Gasteiger partial charge in [-0.05, 0) is 104 Å².